The topological polar surface area (TPSA) is 73.1 Å². The van der Waals surface area contributed by atoms with E-state index >= 15 is 0 Å². The van der Waals surface area contributed by atoms with E-state index in [4.69, 9.17) is 0 Å². The fraction of sp³-hybridized carbons (Fsp3) is 0.174. The fourth-order valence-corrected chi connectivity index (χ4v) is 4.61. The van der Waals surface area contributed by atoms with Gasteiger partial charge in [0.15, 0.2) is 0 Å². The van der Waals surface area contributed by atoms with Crippen LogP contribution >= 0.6 is 11.3 Å². The molecule has 2 aromatic heterocycles. The lowest BCUT2D eigenvalue weighted by molar-refractivity contribution is -0.116. The molecule has 4 aromatic rings. The average Bonchev–Trinajstić information content (AvgIpc) is 3.19. The first kappa shape index (κ1) is 20.7. The monoisotopic (exact) mass is 437 g/mol. The molecule has 2 heterocycles. The number of para-hydroxylation sites is 1. The van der Waals surface area contributed by atoms with Crippen molar-refractivity contribution in [1.82, 2.24) is 9.13 Å². The summed E-state index contributed by atoms with van der Waals surface area (Å²) in [4.78, 5) is 39.0. The Bertz CT molecular complexity index is 1430. The van der Waals surface area contributed by atoms with Crippen LogP contribution in [0.5, 0.6) is 0 Å². The van der Waals surface area contributed by atoms with Gasteiger partial charge in [-0.15, -0.1) is 11.3 Å². The predicted molar refractivity (Wildman–Crippen MR) is 121 cm³/mol. The number of benzene rings is 2. The van der Waals surface area contributed by atoms with Crippen LogP contribution in [0.15, 0.2) is 57.4 Å². The number of nitrogens with one attached hydrogen (secondary N) is 1. The minimum Gasteiger partial charge on any atom is -0.324 e. The van der Waals surface area contributed by atoms with Crippen molar-refractivity contribution in [3.8, 4) is 5.69 Å². The van der Waals surface area contributed by atoms with Gasteiger partial charge in [-0.2, -0.15) is 0 Å². The van der Waals surface area contributed by atoms with Crippen LogP contribution in [0.3, 0.4) is 0 Å². The normalized spacial score (nSPS) is 11.1. The summed E-state index contributed by atoms with van der Waals surface area (Å²) in [5, 5.41) is 4.53. The lowest BCUT2D eigenvalue weighted by Crippen LogP contribution is -2.40. The summed E-state index contributed by atoms with van der Waals surface area (Å²) in [7, 11) is 0. The van der Waals surface area contributed by atoms with Gasteiger partial charge >= 0.3 is 5.69 Å². The molecule has 0 aliphatic heterocycles. The third-order valence-electron chi connectivity index (χ3n) is 5.09. The predicted octanol–water partition coefficient (Wildman–Crippen LogP) is 3.92. The van der Waals surface area contributed by atoms with Gasteiger partial charge in [0.25, 0.3) is 5.56 Å². The summed E-state index contributed by atoms with van der Waals surface area (Å²) in [6.45, 7) is 5.46. The zero-order valence-electron chi connectivity index (χ0n) is 17.2. The first-order valence-corrected chi connectivity index (χ1v) is 10.5. The van der Waals surface area contributed by atoms with Crippen LogP contribution in [-0.2, 0) is 11.3 Å². The third-order valence-corrected chi connectivity index (χ3v) is 5.98. The number of aryl methyl sites for hydroxylation is 3. The number of amides is 1. The molecule has 0 radical (unpaired) electrons. The van der Waals surface area contributed by atoms with Crippen molar-refractivity contribution >= 4 is 33.1 Å². The Hall–Kier alpha value is -3.52. The summed E-state index contributed by atoms with van der Waals surface area (Å²) < 4.78 is 16.6. The van der Waals surface area contributed by atoms with Crippen molar-refractivity contribution in [1.29, 1.82) is 0 Å². The summed E-state index contributed by atoms with van der Waals surface area (Å²) in [5.41, 5.74) is 2.42. The number of carbonyl (C=O) groups excluding carboxylic acids is 1. The summed E-state index contributed by atoms with van der Waals surface area (Å²) in [6, 6.07) is 11.1. The van der Waals surface area contributed by atoms with Crippen LogP contribution in [0.1, 0.15) is 16.7 Å². The molecular weight excluding hydrogens is 417 g/mol. The van der Waals surface area contributed by atoms with Gasteiger partial charge < -0.3 is 5.32 Å². The number of fused-ring (bicyclic) bond motifs is 1. The molecule has 8 heteroatoms. The van der Waals surface area contributed by atoms with Gasteiger partial charge in [0.1, 0.15) is 17.1 Å². The number of anilines is 1. The van der Waals surface area contributed by atoms with Gasteiger partial charge in [0.05, 0.1) is 11.2 Å². The molecule has 0 atom stereocenters. The zero-order chi connectivity index (χ0) is 22.3. The summed E-state index contributed by atoms with van der Waals surface area (Å²) in [5.74, 6) is -1.11. The molecule has 0 saturated carbocycles. The highest BCUT2D eigenvalue weighted by Gasteiger charge is 2.19. The van der Waals surface area contributed by atoms with Crippen molar-refractivity contribution in [3.05, 3.63) is 91.2 Å². The first-order valence-electron chi connectivity index (χ1n) is 9.63. The van der Waals surface area contributed by atoms with Crippen molar-refractivity contribution in [3.63, 3.8) is 0 Å². The van der Waals surface area contributed by atoms with E-state index < -0.39 is 23.0 Å². The fourth-order valence-electron chi connectivity index (χ4n) is 3.79. The van der Waals surface area contributed by atoms with Gasteiger partial charge in [-0.3, -0.25) is 14.2 Å². The Morgan fingerprint density at radius 1 is 1.06 bits per heavy atom. The Labute approximate surface area is 181 Å². The van der Waals surface area contributed by atoms with Gasteiger partial charge in [0.2, 0.25) is 5.91 Å². The quantitative estimate of drug-likeness (QED) is 0.526. The van der Waals surface area contributed by atoms with E-state index in [0.717, 1.165) is 32.6 Å². The first-order chi connectivity index (χ1) is 14.8. The number of hydrogen-bond acceptors (Lipinski definition) is 4. The van der Waals surface area contributed by atoms with Crippen molar-refractivity contribution in [2.45, 2.75) is 27.3 Å². The molecule has 4 rings (SSSR count). The highest BCUT2D eigenvalue weighted by Crippen LogP contribution is 2.22. The van der Waals surface area contributed by atoms with Crippen LogP contribution in [0, 0.1) is 26.6 Å². The van der Waals surface area contributed by atoms with Crippen LogP contribution < -0.4 is 16.6 Å². The van der Waals surface area contributed by atoms with Crippen molar-refractivity contribution in [2.75, 3.05) is 5.32 Å². The second-order valence-electron chi connectivity index (χ2n) is 7.42. The number of carbonyl (C=O) groups is 1. The second-order valence-corrected chi connectivity index (χ2v) is 8.33. The van der Waals surface area contributed by atoms with Crippen molar-refractivity contribution < 1.29 is 9.18 Å². The van der Waals surface area contributed by atoms with Gasteiger partial charge in [0, 0.05) is 5.69 Å². The number of rotatable bonds is 4. The number of aromatic nitrogens is 2. The average molecular weight is 437 g/mol. The second kappa shape index (κ2) is 7.96. The van der Waals surface area contributed by atoms with E-state index in [1.54, 1.807) is 17.5 Å². The third kappa shape index (κ3) is 3.70. The molecule has 2 aromatic carbocycles. The highest BCUT2D eigenvalue weighted by molar-refractivity contribution is 7.17. The highest BCUT2D eigenvalue weighted by atomic mass is 32.1. The Morgan fingerprint density at radius 3 is 2.42 bits per heavy atom. The van der Waals surface area contributed by atoms with E-state index in [1.807, 2.05) is 32.9 Å². The van der Waals surface area contributed by atoms with Crippen LogP contribution in [-0.4, -0.2) is 15.0 Å². The number of thiophene rings is 1. The molecule has 0 bridgehead atoms. The van der Waals surface area contributed by atoms with Crippen molar-refractivity contribution in [2.24, 2.45) is 0 Å². The smallest absolute Gasteiger partial charge is 0.324 e. The van der Waals surface area contributed by atoms with Crippen LogP contribution in [0.25, 0.3) is 15.9 Å². The molecule has 1 N–H and O–H groups in total. The van der Waals surface area contributed by atoms with E-state index in [1.165, 1.54) is 22.8 Å². The molecule has 31 heavy (non-hydrogen) atoms. The van der Waals surface area contributed by atoms with E-state index in [2.05, 4.69) is 5.32 Å². The minimum absolute atomic E-state index is 0.146. The van der Waals surface area contributed by atoms with Gasteiger partial charge in [-0.25, -0.2) is 13.8 Å². The van der Waals surface area contributed by atoms with E-state index in [9.17, 15) is 18.8 Å². The van der Waals surface area contributed by atoms with E-state index in [-0.39, 0.29) is 16.9 Å². The molecule has 0 unspecified atom stereocenters. The van der Waals surface area contributed by atoms with Crippen LogP contribution in [0.4, 0.5) is 10.1 Å². The molecule has 6 nitrogen and oxygen atoms in total. The van der Waals surface area contributed by atoms with Gasteiger partial charge in [-0.05, 0) is 55.5 Å². The Kier molecular flexibility index (Phi) is 5.32. The Balaban J connectivity index is 1.81. The molecule has 1 amide bonds. The van der Waals surface area contributed by atoms with Gasteiger partial charge in [-0.1, -0.05) is 29.8 Å². The number of halogens is 1. The maximum absolute atomic E-state index is 14.4. The summed E-state index contributed by atoms with van der Waals surface area (Å²) in [6.07, 6.45) is 0. The molecule has 0 saturated heterocycles. The lowest BCUT2D eigenvalue weighted by atomic mass is 10.1. The Morgan fingerprint density at radius 2 is 1.74 bits per heavy atom. The molecule has 0 fully saturated rings. The lowest BCUT2D eigenvalue weighted by Gasteiger charge is -2.15. The van der Waals surface area contributed by atoms with Crippen LogP contribution in [0.2, 0.25) is 0 Å². The molecule has 158 valence electrons. The number of nitrogens with zero attached hydrogens (tertiary/aromatic N) is 2. The maximum atomic E-state index is 14.4. The largest absolute Gasteiger partial charge is 0.336 e. The standard InChI is InChI=1S/C23H20FN3O3S/c1-13-10-14(2)20(15(3)11-13)25-19(28)12-26-18-8-9-31-21(18)22(29)27(23(26)30)17-7-5-4-6-16(17)24/h4-11H,12H2,1-3H3,(H,25,28). The molecule has 0 spiro atoms. The SMILES string of the molecule is Cc1cc(C)c(NC(=O)Cn2c(=O)n(-c3ccccc3F)c(=O)c3sccc32)c(C)c1. The minimum atomic E-state index is -0.770. The molecule has 0 aliphatic rings. The maximum Gasteiger partial charge on any atom is 0.336 e. The number of hydrogen-bond donors (Lipinski definition) is 1. The molecule has 0 aliphatic carbocycles. The molecular formula is C23H20FN3O3S. The zero-order valence-corrected chi connectivity index (χ0v) is 18.0. The summed E-state index contributed by atoms with van der Waals surface area (Å²) >= 11 is 1.14. The van der Waals surface area contributed by atoms with E-state index in [0.29, 0.717) is 11.2 Å².